The van der Waals surface area contributed by atoms with Crippen LogP contribution >= 0.6 is 0 Å². The van der Waals surface area contributed by atoms with E-state index in [4.69, 9.17) is 14.6 Å². The molecule has 1 N–H and O–H groups in total. The van der Waals surface area contributed by atoms with Gasteiger partial charge in [-0.15, -0.1) is 0 Å². The van der Waals surface area contributed by atoms with Gasteiger partial charge in [-0.25, -0.2) is 4.90 Å². The van der Waals surface area contributed by atoms with Crippen LogP contribution in [0.3, 0.4) is 0 Å². The number of ether oxygens (including phenoxy) is 2. The highest BCUT2D eigenvalue weighted by Gasteiger charge is 2.33. The number of aliphatic hydroxyl groups is 1. The van der Waals surface area contributed by atoms with Gasteiger partial charge in [0.15, 0.2) is 12.1 Å². The van der Waals surface area contributed by atoms with E-state index >= 15 is 0 Å². The van der Waals surface area contributed by atoms with E-state index in [0.29, 0.717) is 4.90 Å². The van der Waals surface area contributed by atoms with Crippen molar-refractivity contribution in [2.75, 3.05) is 19.8 Å². The van der Waals surface area contributed by atoms with Crippen molar-refractivity contribution in [3.63, 3.8) is 0 Å². The van der Waals surface area contributed by atoms with Crippen LogP contribution < -0.4 is 0 Å². The fraction of sp³-hybridized carbons (Fsp3) is 0.600. The molecule has 0 bridgehead atoms. The van der Waals surface area contributed by atoms with Gasteiger partial charge in [-0.3, -0.25) is 19.2 Å². The second-order valence-corrected chi connectivity index (χ2v) is 4.96. The maximum absolute atomic E-state index is 11.7. The Morgan fingerprint density at radius 3 is 2.48 bits per heavy atom. The molecule has 0 saturated carbocycles. The molecule has 1 saturated heterocycles. The number of aliphatic hydroxyl groups excluding tert-OH is 1. The van der Waals surface area contributed by atoms with Crippen molar-refractivity contribution in [3.05, 3.63) is 12.7 Å². The first-order valence-electron chi connectivity index (χ1n) is 7.36. The van der Waals surface area contributed by atoms with Gasteiger partial charge in [0.2, 0.25) is 17.7 Å². The molecular weight excluding hydrogens is 306 g/mol. The summed E-state index contributed by atoms with van der Waals surface area (Å²) in [5.41, 5.74) is 0. The molecule has 1 unspecified atom stereocenters. The second-order valence-electron chi connectivity index (χ2n) is 4.96. The zero-order valence-electron chi connectivity index (χ0n) is 12.9. The van der Waals surface area contributed by atoms with E-state index < -0.39 is 24.0 Å². The third-order valence-electron chi connectivity index (χ3n) is 3.13. The van der Waals surface area contributed by atoms with E-state index in [2.05, 4.69) is 6.58 Å². The van der Waals surface area contributed by atoms with E-state index in [1.807, 2.05) is 0 Å². The SMILES string of the molecule is C=CC(O)OCCOCC(=O)CCCC(=O)N1C(=O)CCC1=O. The molecular formula is C15H21NO7. The standard InChI is InChI=1S/C15H21NO7/c1-2-15(21)23-9-8-22-10-11(17)4-3-5-12(18)16-13(19)6-7-14(16)20/h2,15,21H,1,3-10H2. The number of likely N-dealkylation sites (tertiary alicyclic amines) is 1. The van der Waals surface area contributed by atoms with Gasteiger partial charge in [0, 0.05) is 25.7 Å². The number of carbonyl (C=O) groups is 4. The molecule has 8 heteroatoms. The van der Waals surface area contributed by atoms with Crippen LogP contribution in [0.25, 0.3) is 0 Å². The van der Waals surface area contributed by atoms with Crippen LogP contribution in [0.5, 0.6) is 0 Å². The quantitative estimate of drug-likeness (QED) is 0.245. The molecule has 1 fully saturated rings. The topological polar surface area (TPSA) is 110 Å². The summed E-state index contributed by atoms with van der Waals surface area (Å²) in [7, 11) is 0. The summed E-state index contributed by atoms with van der Waals surface area (Å²) < 4.78 is 9.91. The first-order chi connectivity index (χ1) is 11.0. The van der Waals surface area contributed by atoms with Gasteiger partial charge in [-0.2, -0.15) is 0 Å². The Hall–Kier alpha value is -1.90. The summed E-state index contributed by atoms with van der Waals surface area (Å²) in [4.78, 5) is 46.7. The van der Waals surface area contributed by atoms with E-state index in [1.54, 1.807) is 0 Å². The Morgan fingerprint density at radius 2 is 1.87 bits per heavy atom. The first-order valence-corrected chi connectivity index (χ1v) is 7.36. The predicted octanol–water partition coefficient (Wildman–Crippen LogP) is -0.0610. The maximum atomic E-state index is 11.7. The smallest absolute Gasteiger partial charge is 0.236 e. The molecule has 0 aromatic heterocycles. The number of amides is 3. The monoisotopic (exact) mass is 327 g/mol. The van der Waals surface area contributed by atoms with Crippen molar-refractivity contribution in [1.82, 2.24) is 4.90 Å². The molecule has 0 aliphatic carbocycles. The van der Waals surface area contributed by atoms with Crippen molar-refractivity contribution >= 4 is 23.5 Å². The van der Waals surface area contributed by atoms with Crippen LogP contribution in [0.15, 0.2) is 12.7 Å². The minimum atomic E-state index is -1.06. The fourth-order valence-electron chi connectivity index (χ4n) is 1.96. The van der Waals surface area contributed by atoms with Crippen LogP contribution in [-0.2, 0) is 28.7 Å². The predicted molar refractivity (Wildman–Crippen MR) is 77.9 cm³/mol. The van der Waals surface area contributed by atoms with Crippen LogP contribution in [-0.4, -0.2) is 59.6 Å². The molecule has 3 amide bonds. The number of ketones is 1. The lowest BCUT2D eigenvalue weighted by Gasteiger charge is -2.11. The molecule has 1 heterocycles. The molecule has 1 rings (SSSR count). The molecule has 8 nitrogen and oxygen atoms in total. The van der Waals surface area contributed by atoms with E-state index in [9.17, 15) is 19.2 Å². The zero-order chi connectivity index (χ0) is 17.2. The van der Waals surface area contributed by atoms with Gasteiger partial charge in [0.1, 0.15) is 6.61 Å². The summed E-state index contributed by atoms with van der Waals surface area (Å²) in [5, 5.41) is 9.02. The minimum absolute atomic E-state index is 0.0299. The Kier molecular flexibility index (Phi) is 8.31. The third-order valence-corrected chi connectivity index (χ3v) is 3.13. The molecule has 0 spiro atoms. The minimum Gasteiger partial charge on any atom is -0.371 e. The van der Waals surface area contributed by atoms with Crippen LogP contribution in [0, 0.1) is 0 Å². The van der Waals surface area contributed by atoms with E-state index in [-0.39, 0.29) is 57.7 Å². The fourth-order valence-corrected chi connectivity index (χ4v) is 1.96. The Labute approximate surface area is 134 Å². The molecule has 1 aliphatic rings. The highest BCUT2D eigenvalue weighted by molar-refractivity contribution is 6.15. The lowest BCUT2D eigenvalue weighted by Crippen LogP contribution is -2.35. The molecule has 128 valence electrons. The molecule has 1 aliphatic heterocycles. The lowest BCUT2D eigenvalue weighted by atomic mass is 10.1. The Balaban J connectivity index is 2.10. The summed E-state index contributed by atoms with van der Waals surface area (Å²) >= 11 is 0. The number of Topliss-reactive ketones (excluding diaryl/α,β-unsaturated/α-hetero) is 1. The van der Waals surface area contributed by atoms with Crippen molar-refractivity contribution in [2.24, 2.45) is 0 Å². The van der Waals surface area contributed by atoms with Gasteiger partial charge >= 0.3 is 0 Å². The highest BCUT2D eigenvalue weighted by atomic mass is 16.6. The molecule has 23 heavy (non-hydrogen) atoms. The van der Waals surface area contributed by atoms with Crippen molar-refractivity contribution in [1.29, 1.82) is 0 Å². The first kappa shape index (κ1) is 19.1. The number of hydrogen-bond acceptors (Lipinski definition) is 7. The number of carbonyl (C=O) groups excluding carboxylic acids is 4. The lowest BCUT2D eigenvalue weighted by molar-refractivity contribution is -0.149. The summed E-state index contributed by atoms with van der Waals surface area (Å²) in [5.74, 6) is -1.70. The van der Waals surface area contributed by atoms with E-state index in [0.717, 1.165) is 0 Å². The second kappa shape index (κ2) is 9.98. The van der Waals surface area contributed by atoms with Crippen LogP contribution in [0.2, 0.25) is 0 Å². The summed E-state index contributed by atoms with van der Waals surface area (Å²) in [6, 6.07) is 0. The van der Waals surface area contributed by atoms with Crippen molar-refractivity contribution in [2.45, 2.75) is 38.4 Å². The average molecular weight is 327 g/mol. The van der Waals surface area contributed by atoms with Crippen LogP contribution in [0.4, 0.5) is 0 Å². The van der Waals surface area contributed by atoms with Gasteiger partial charge < -0.3 is 14.6 Å². The van der Waals surface area contributed by atoms with Crippen molar-refractivity contribution < 1.29 is 33.8 Å². The van der Waals surface area contributed by atoms with Crippen molar-refractivity contribution in [3.8, 4) is 0 Å². The largest absolute Gasteiger partial charge is 0.371 e. The Bertz CT molecular complexity index is 458. The summed E-state index contributed by atoms with van der Waals surface area (Å²) in [6.07, 6.45) is 0.647. The zero-order valence-corrected chi connectivity index (χ0v) is 12.9. The molecule has 0 aromatic rings. The van der Waals surface area contributed by atoms with Crippen LogP contribution in [0.1, 0.15) is 32.1 Å². The van der Waals surface area contributed by atoms with Gasteiger partial charge in [0.25, 0.3) is 0 Å². The number of nitrogens with zero attached hydrogens (tertiary/aromatic N) is 1. The average Bonchev–Trinajstić information content (AvgIpc) is 2.85. The molecule has 0 aromatic carbocycles. The van der Waals surface area contributed by atoms with Gasteiger partial charge in [-0.1, -0.05) is 6.58 Å². The number of rotatable bonds is 11. The highest BCUT2D eigenvalue weighted by Crippen LogP contribution is 2.14. The number of hydrogen-bond donors (Lipinski definition) is 1. The van der Waals surface area contributed by atoms with Gasteiger partial charge in [0.05, 0.1) is 13.2 Å². The molecule has 1 atom stereocenters. The Morgan fingerprint density at radius 1 is 1.22 bits per heavy atom. The molecule has 0 radical (unpaired) electrons. The number of imide groups is 3. The van der Waals surface area contributed by atoms with Gasteiger partial charge in [-0.05, 0) is 12.5 Å². The normalized spacial score (nSPS) is 15.8. The van der Waals surface area contributed by atoms with E-state index in [1.165, 1.54) is 6.08 Å². The maximum Gasteiger partial charge on any atom is 0.236 e. The third kappa shape index (κ3) is 6.81. The summed E-state index contributed by atoms with van der Waals surface area (Å²) in [6.45, 7) is 3.48.